The minimum absolute atomic E-state index is 0.0127. The van der Waals surface area contributed by atoms with Gasteiger partial charge < -0.3 is 14.2 Å². The topological polar surface area (TPSA) is 68.6 Å². The number of aryl methyl sites for hydroxylation is 1. The van der Waals surface area contributed by atoms with Gasteiger partial charge in [-0.2, -0.15) is 0 Å². The van der Waals surface area contributed by atoms with Crippen molar-refractivity contribution in [2.75, 3.05) is 32.1 Å². The number of ether oxygens (including phenoxy) is 1. The molecule has 0 N–H and O–H groups in total. The van der Waals surface area contributed by atoms with Gasteiger partial charge in [0.2, 0.25) is 0 Å². The van der Waals surface area contributed by atoms with Crippen molar-refractivity contribution >= 4 is 15.7 Å². The summed E-state index contributed by atoms with van der Waals surface area (Å²) in [5.74, 6) is 0.818. The number of hydrogen-bond donors (Lipinski definition) is 0. The van der Waals surface area contributed by atoms with Crippen LogP contribution in [-0.2, 0) is 21.6 Å². The molecular weight excluding hydrogens is 328 g/mol. The second kappa shape index (κ2) is 5.59. The Morgan fingerprint density at radius 1 is 1.29 bits per heavy atom. The van der Waals surface area contributed by atoms with Gasteiger partial charge in [0.1, 0.15) is 10.4 Å². The molecule has 2 saturated heterocycles. The van der Waals surface area contributed by atoms with Crippen LogP contribution in [0.3, 0.4) is 0 Å². The molecule has 24 heavy (non-hydrogen) atoms. The van der Waals surface area contributed by atoms with Gasteiger partial charge in [-0.3, -0.25) is 4.79 Å². The van der Waals surface area contributed by atoms with E-state index in [0.29, 0.717) is 37.7 Å². The molecule has 2 aliphatic heterocycles. The first-order valence-electron chi connectivity index (χ1n) is 8.64. The Hall–Kier alpha value is -1.34. The van der Waals surface area contributed by atoms with Crippen LogP contribution in [-0.4, -0.2) is 60.6 Å². The predicted molar refractivity (Wildman–Crippen MR) is 89.5 cm³/mol. The summed E-state index contributed by atoms with van der Waals surface area (Å²) in [5, 5.41) is 0. The molecule has 1 amide bonds. The van der Waals surface area contributed by atoms with Gasteiger partial charge >= 0.3 is 0 Å². The first-order valence-corrected chi connectivity index (χ1v) is 10.3. The molecule has 1 spiro atoms. The molecule has 1 unspecified atom stereocenters. The van der Waals surface area contributed by atoms with E-state index < -0.39 is 14.6 Å². The van der Waals surface area contributed by atoms with Gasteiger partial charge in [0.05, 0.1) is 12.4 Å². The van der Waals surface area contributed by atoms with Gasteiger partial charge in [-0.1, -0.05) is 0 Å². The zero-order chi connectivity index (χ0) is 16.9. The van der Waals surface area contributed by atoms with E-state index in [1.165, 1.54) is 12.8 Å². The van der Waals surface area contributed by atoms with Crippen LogP contribution in [0.5, 0.6) is 0 Å². The fourth-order valence-corrected chi connectivity index (χ4v) is 6.36. The second-order valence-corrected chi connectivity index (χ2v) is 9.97. The van der Waals surface area contributed by atoms with E-state index in [1.54, 1.807) is 15.5 Å². The van der Waals surface area contributed by atoms with Crippen molar-refractivity contribution in [2.24, 2.45) is 18.9 Å². The van der Waals surface area contributed by atoms with E-state index in [0.717, 1.165) is 6.61 Å². The average molecular weight is 352 g/mol. The fraction of sp³-hybridized carbons (Fsp3) is 0.706. The SMILES string of the molecule is Cn1cccc1C(=O)N1CC2(C1)C(COCC1CC1)CCS2(=O)=O. The Labute approximate surface area is 142 Å². The van der Waals surface area contributed by atoms with Crippen LogP contribution in [0.2, 0.25) is 0 Å². The Morgan fingerprint density at radius 3 is 2.67 bits per heavy atom. The highest BCUT2D eigenvalue weighted by Crippen LogP contribution is 2.45. The molecule has 1 aromatic rings. The van der Waals surface area contributed by atoms with Crippen molar-refractivity contribution in [3.05, 3.63) is 24.0 Å². The molecule has 1 atom stereocenters. The van der Waals surface area contributed by atoms with Crippen LogP contribution < -0.4 is 0 Å². The maximum absolute atomic E-state index is 12.6. The van der Waals surface area contributed by atoms with Crippen molar-refractivity contribution in [3.8, 4) is 0 Å². The third-order valence-corrected chi connectivity index (χ3v) is 8.44. The predicted octanol–water partition coefficient (Wildman–Crippen LogP) is 1.08. The summed E-state index contributed by atoms with van der Waals surface area (Å²) in [6.07, 6.45) is 4.93. The van der Waals surface area contributed by atoms with Gasteiger partial charge in [0.25, 0.3) is 5.91 Å². The van der Waals surface area contributed by atoms with E-state index in [1.807, 2.05) is 19.3 Å². The Balaban J connectivity index is 1.44. The number of aromatic nitrogens is 1. The Morgan fingerprint density at radius 2 is 2.04 bits per heavy atom. The number of carbonyl (C=O) groups excluding carboxylic acids is 1. The first kappa shape index (κ1) is 16.1. The number of carbonyl (C=O) groups is 1. The normalized spacial score (nSPS) is 27.4. The highest BCUT2D eigenvalue weighted by molar-refractivity contribution is 7.93. The highest BCUT2D eigenvalue weighted by atomic mass is 32.2. The van der Waals surface area contributed by atoms with Crippen LogP contribution in [0.1, 0.15) is 29.8 Å². The smallest absolute Gasteiger partial charge is 0.270 e. The Bertz CT molecular complexity index is 744. The van der Waals surface area contributed by atoms with E-state index in [-0.39, 0.29) is 17.6 Å². The maximum Gasteiger partial charge on any atom is 0.270 e. The maximum atomic E-state index is 12.6. The lowest BCUT2D eigenvalue weighted by Gasteiger charge is -2.49. The minimum atomic E-state index is -3.16. The van der Waals surface area contributed by atoms with E-state index in [9.17, 15) is 13.2 Å². The van der Waals surface area contributed by atoms with Crippen molar-refractivity contribution < 1.29 is 17.9 Å². The van der Waals surface area contributed by atoms with Crippen LogP contribution in [0, 0.1) is 11.8 Å². The van der Waals surface area contributed by atoms with Crippen molar-refractivity contribution in [2.45, 2.75) is 24.0 Å². The van der Waals surface area contributed by atoms with Crippen molar-refractivity contribution in [1.29, 1.82) is 0 Å². The fourth-order valence-electron chi connectivity index (χ4n) is 3.96. The standard InChI is InChI=1S/C17H24N2O4S/c1-18-7-2-3-15(18)16(20)19-11-17(12-19)14(6-8-24(17,21)22)10-23-9-13-4-5-13/h2-3,7,13-14H,4-6,8-12H2,1H3. The monoisotopic (exact) mass is 352 g/mol. The summed E-state index contributed by atoms with van der Waals surface area (Å²) >= 11 is 0. The van der Waals surface area contributed by atoms with Gasteiger partial charge in [0.15, 0.2) is 9.84 Å². The van der Waals surface area contributed by atoms with Gasteiger partial charge in [-0.05, 0) is 37.3 Å². The number of rotatable bonds is 5. The molecule has 1 aliphatic carbocycles. The lowest BCUT2D eigenvalue weighted by Crippen LogP contribution is -2.68. The minimum Gasteiger partial charge on any atom is -0.381 e. The summed E-state index contributed by atoms with van der Waals surface area (Å²) in [6, 6.07) is 3.59. The number of likely N-dealkylation sites (tertiary alicyclic amines) is 1. The lowest BCUT2D eigenvalue weighted by atomic mass is 9.83. The molecule has 1 saturated carbocycles. The molecule has 6 nitrogen and oxygen atoms in total. The van der Waals surface area contributed by atoms with Gasteiger partial charge in [-0.25, -0.2) is 8.42 Å². The molecule has 1 aromatic heterocycles. The molecule has 0 radical (unpaired) electrons. The summed E-state index contributed by atoms with van der Waals surface area (Å²) in [7, 11) is -1.34. The number of hydrogen-bond acceptors (Lipinski definition) is 4. The largest absolute Gasteiger partial charge is 0.381 e. The summed E-state index contributed by atoms with van der Waals surface area (Å²) < 4.78 is 32.0. The van der Waals surface area contributed by atoms with Crippen molar-refractivity contribution in [3.63, 3.8) is 0 Å². The van der Waals surface area contributed by atoms with Gasteiger partial charge in [0, 0.05) is 38.9 Å². The van der Waals surface area contributed by atoms with E-state index >= 15 is 0 Å². The lowest BCUT2D eigenvalue weighted by molar-refractivity contribution is 0.0223. The average Bonchev–Trinajstić information content (AvgIpc) is 3.14. The molecular formula is C17H24N2O4S. The molecule has 0 aromatic carbocycles. The molecule has 0 bridgehead atoms. The second-order valence-electron chi connectivity index (χ2n) is 7.52. The van der Waals surface area contributed by atoms with Crippen LogP contribution >= 0.6 is 0 Å². The number of amides is 1. The molecule has 7 heteroatoms. The van der Waals surface area contributed by atoms with Crippen LogP contribution in [0.15, 0.2) is 18.3 Å². The van der Waals surface area contributed by atoms with E-state index in [4.69, 9.17) is 4.74 Å². The molecule has 3 fully saturated rings. The van der Waals surface area contributed by atoms with E-state index in [2.05, 4.69) is 0 Å². The molecule has 4 rings (SSSR count). The van der Waals surface area contributed by atoms with Gasteiger partial charge in [-0.15, -0.1) is 0 Å². The summed E-state index contributed by atoms with van der Waals surface area (Å²) in [6.45, 7) is 1.86. The summed E-state index contributed by atoms with van der Waals surface area (Å²) in [4.78, 5) is 14.2. The zero-order valence-corrected chi connectivity index (χ0v) is 14.8. The van der Waals surface area contributed by atoms with Crippen LogP contribution in [0.4, 0.5) is 0 Å². The first-order chi connectivity index (χ1) is 11.4. The molecule has 3 aliphatic rings. The highest BCUT2D eigenvalue weighted by Gasteiger charge is 2.62. The third kappa shape index (κ3) is 2.49. The number of sulfone groups is 1. The zero-order valence-electron chi connectivity index (χ0n) is 14.0. The number of nitrogens with zero attached hydrogens (tertiary/aromatic N) is 2. The quantitative estimate of drug-likeness (QED) is 0.795. The molecule has 132 valence electrons. The van der Waals surface area contributed by atoms with Crippen LogP contribution in [0.25, 0.3) is 0 Å². The summed E-state index contributed by atoms with van der Waals surface area (Å²) in [5.41, 5.74) is 0.599. The Kier molecular flexibility index (Phi) is 3.76. The molecule has 3 heterocycles. The third-order valence-electron chi connectivity index (χ3n) is 5.84. The van der Waals surface area contributed by atoms with Crippen molar-refractivity contribution in [1.82, 2.24) is 9.47 Å².